The molecule has 2 N–H and O–H groups in total. The molecule has 1 amide bonds. The van der Waals surface area contributed by atoms with Gasteiger partial charge in [-0.1, -0.05) is 11.6 Å². The van der Waals surface area contributed by atoms with Gasteiger partial charge < -0.3 is 10.4 Å². The number of amides is 1. The average Bonchev–Trinajstić information content (AvgIpc) is 2.73. The van der Waals surface area contributed by atoms with E-state index in [0.29, 0.717) is 11.6 Å². The average molecular weight is 308 g/mol. The molecule has 1 heterocycles. The third-order valence-electron chi connectivity index (χ3n) is 3.14. The first-order chi connectivity index (χ1) is 9.97. The van der Waals surface area contributed by atoms with Crippen LogP contribution in [-0.4, -0.2) is 27.3 Å². The van der Waals surface area contributed by atoms with Gasteiger partial charge in [-0.3, -0.25) is 9.48 Å². The van der Waals surface area contributed by atoms with Gasteiger partial charge in [-0.25, -0.2) is 0 Å². The lowest BCUT2D eigenvalue weighted by Crippen LogP contribution is -2.25. The van der Waals surface area contributed by atoms with E-state index < -0.39 is 0 Å². The number of halogens is 1. The summed E-state index contributed by atoms with van der Waals surface area (Å²) >= 11 is 5.73. The van der Waals surface area contributed by atoms with E-state index in [0.717, 1.165) is 24.4 Å². The molecular weight excluding hydrogens is 290 g/mol. The van der Waals surface area contributed by atoms with E-state index in [4.69, 9.17) is 11.6 Å². The van der Waals surface area contributed by atoms with Crippen LogP contribution in [0.15, 0.2) is 24.3 Å². The summed E-state index contributed by atoms with van der Waals surface area (Å²) in [6.07, 6.45) is 0.766. The Hall–Kier alpha value is -2.01. The molecule has 21 heavy (non-hydrogen) atoms. The van der Waals surface area contributed by atoms with Crippen LogP contribution in [-0.2, 0) is 6.54 Å². The van der Waals surface area contributed by atoms with Crippen LogP contribution in [0.5, 0.6) is 5.75 Å². The minimum Gasteiger partial charge on any atom is -0.507 e. The first kappa shape index (κ1) is 15.4. The number of phenolic OH excluding ortho intramolecular Hbond substituents is 1. The molecule has 6 heteroatoms. The van der Waals surface area contributed by atoms with Crippen LogP contribution in [0.2, 0.25) is 5.02 Å². The summed E-state index contributed by atoms with van der Waals surface area (Å²) in [4.78, 5) is 11.9. The topological polar surface area (TPSA) is 67.2 Å². The maximum absolute atomic E-state index is 11.9. The molecule has 1 aromatic heterocycles. The molecule has 1 aromatic carbocycles. The van der Waals surface area contributed by atoms with Crippen LogP contribution in [0.1, 0.15) is 28.2 Å². The zero-order valence-electron chi connectivity index (χ0n) is 12.1. The maximum atomic E-state index is 11.9. The van der Waals surface area contributed by atoms with Gasteiger partial charge in [-0.15, -0.1) is 0 Å². The lowest BCUT2D eigenvalue weighted by atomic mass is 10.2. The van der Waals surface area contributed by atoms with E-state index >= 15 is 0 Å². The number of rotatable bonds is 5. The molecule has 0 fully saturated rings. The summed E-state index contributed by atoms with van der Waals surface area (Å²) in [5.41, 5.74) is 2.32. The number of nitrogens with zero attached hydrogens (tertiary/aromatic N) is 2. The first-order valence-electron chi connectivity index (χ1n) is 6.75. The van der Waals surface area contributed by atoms with Crippen molar-refractivity contribution in [3.05, 3.63) is 46.2 Å². The Kier molecular flexibility index (Phi) is 4.85. The molecule has 0 aliphatic rings. The van der Waals surface area contributed by atoms with Gasteiger partial charge in [-0.05, 0) is 44.5 Å². The summed E-state index contributed by atoms with van der Waals surface area (Å²) in [6.45, 7) is 5.21. The molecule has 0 aliphatic heterocycles. The zero-order valence-corrected chi connectivity index (χ0v) is 12.8. The Bertz CT molecular complexity index is 652. The van der Waals surface area contributed by atoms with Crippen molar-refractivity contribution in [3.63, 3.8) is 0 Å². The highest BCUT2D eigenvalue weighted by Gasteiger charge is 2.10. The Balaban J connectivity index is 1.83. The van der Waals surface area contributed by atoms with Crippen molar-refractivity contribution in [1.29, 1.82) is 0 Å². The number of carbonyl (C=O) groups is 1. The quantitative estimate of drug-likeness (QED) is 0.835. The number of aromatic hydroxyl groups is 1. The van der Waals surface area contributed by atoms with Gasteiger partial charge in [0.25, 0.3) is 5.91 Å². The standard InChI is InChI=1S/C15H18ClN3O2/c1-10-8-11(2)19(18-10)7-3-6-17-15(21)13-5-4-12(16)9-14(13)20/h4-5,8-9,20H,3,6-7H2,1-2H3,(H,17,21). The summed E-state index contributed by atoms with van der Waals surface area (Å²) in [5.74, 6) is -0.420. The molecule has 0 saturated carbocycles. The Labute approximate surface area is 128 Å². The van der Waals surface area contributed by atoms with Gasteiger partial charge in [0.05, 0.1) is 11.3 Å². The third kappa shape index (κ3) is 3.98. The van der Waals surface area contributed by atoms with Gasteiger partial charge in [0, 0.05) is 23.8 Å². The SMILES string of the molecule is Cc1cc(C)n(CCCNC(=O)c2ccc(Cl)cc2O)n1. The Morgan fingerprint density at radius 3 is 2.76 bits per heavy atom. The van der Waals surface area contributed by atoms with E-state index in [9.17, 15) is 9.90 Å². The van der Waals surface area contributed by atoms with E-state index in [2.05, 4.69) is 10.4 Å². The van der Waals surface area contributed by atoms with Gasteiger partial charge in [0.2, 0.25) is 0 Å². The number of aryl methyl sites for hydroxylation is 3. The van der Waals surface area contributed by atoms with Crippen molar-refractivity contribution in [2.24, 2.45) is 0 Å². The van der Waals surface area contributed by atoms with Crippen LogP contribution in [0.4, 0.5) is 0 Å². The fraction of sp³-hybridized carbons (Fsp3) is 0.333. The van der Waals surface area contributed by atoms with Gasteiger partial charge in [0.15, 0.2) is 0 Å². The lowest BCUT2D eigenvalue weighted by Gasteiger charge is -2.08. The summed E-state index contributed by atoms with van der Waals surface area (Å²) in [6, 6.07) is 6.46. The molecule has 2 rings (SSSR count). The molecule has 0 bridgehead atoms. The Morgan fingerprint density at radius 1 is 1.38 bits per heavy atom. The van der Waals surface area contributed by atoms with Crippen molar-refractivity contribution in [3.8, 4) is 5.75 Å². The second kappa shape index (κ2) is 6.63. The molecule has 0 atom stereocenters. The van der Waals surface area contributed by atoms with Gasteiger partial charge in [0.1, 0.15) is 5.75 Å². The molecule has 0 saturated heterocycles. The van der Waals surface area contributed by atoms with E-state index in [1.807, 2.05) is 24.6 Å². The summed E-state index contributed by atoms with van der Waals surface area (Å²) in [5, 5.41) is 17.2. The van der Waals surface area contributed by atoms with Crippen LogP contribution in [0.3, 0.4) is 0 Å². The number of benzene rings is 1. The van der Waals surface area contributed by atoms with Gasteiger partial charge >= 0.3 is 0 Å². The lowest BCUT2D eigenvalue weighted by molar-refractivity contribution is 0.0950. The molecule has 112 valence electrons. The second-order valence-corrected chi connectivity index (χ2v) is 5.36. The Morgan fingerprint density at radius 2 is 2.14 bits per heavy atom. The van der Waals surface area contributed by atoms with Crippen LogP contribution >= 0.6 is 11.6 Å². The molecule has 5 nitrogen and oxygen atoms in total. The van der Waals surface area contributed by atoms with Crippen molar-refractivity contribution >= 4 is 17.5 Å². The smallest absolute Gasteiger partial charge is 0.255 e. The third-order valence-corrected chi connectivity index (χ3v) is 3.38. The normalized spacial score (nSPS) is 10.6. The molecule has 0 radical (unpaired) electrons. The molecule has 0 aliphatic carbocycles. The molecular formula is C15H18ClN3O2. The largest absolute Gasteiger partial charge is 0.507 e. The van der Waals surface area contributed by atoms with Crippen LogP contribution in [0.25, 0.3) is 0 Å². The number of hydrogen-bond donors (Lipinski definition) is 2. The van der Waals surface area contributed by atoms with Crippen LogP contribution < -0.4 is 5.32 Å². The monoisotopic (exact) mass is 307 g/mol. The van der Waals surface area contributed by atoms with Crippen molar-refractivity contribution < 1.29 is 9.90 Å². The minimum absolute atomic E-state index is 0.112. The predicted molar refractivity (Wildman–Crippen MR) is 81.8 cm³/mol. The van der Waals surface area contributed by atoms with Crippen molar-refractivity contribution in [2.75, 3.05) is 6.54 Å². The number of aromatic nitrogens is 2. The summed E-state index contributed by atoms with van der Waals surface area (Å²) < 4.78 is 1.92. The highest BCUT2D eigenvalue weighted by atomic mass is 35.5. The predicted octanol–water partition coefficient (Wildman–Crippen LogP) is 2.68. The van der Waals surface area contributed by atoms with E-state index in [-0.39, 0.29) is 17.2 Å². The van der Waals surface area contributed by atoms with E-state index in [1.54, 1.807) is 6.07 Å². The van der Waals surface area contributed by atoms with Crippen molar-refractivity contribution in [1.82, 2.24) is 15.1 Å². The molecule has 0 spiro atoms. The number of hydrogen-bond acceptors (Lipinski definition) is 3. The minimum atomic E-state index is -0.308. The number of phenols is 1. The number of carbonyl (C=O) groups excluding carboxylic acids is 1. The van der Waals surface area contributed by atoms with Crippen LogP contribution in [0, 0.1) is 13.8 Å². The highest BCUT2D eigenvalue weighted by molar-refractivity contribution is 6.30. The molecule has 2 aromatic rings. The van der Waals surface area contributed by atoms with E-state index in [1.165, 1.54) is 12.1 Å². The first-order valence-corrected chi connectivity index (χ1v) is 7.13. The molecule has 0 unspecified atom stereocenters. The fourth-order valence-corrected chi connectivity index (χ4v) is 2.29. The zero-order chi connectivity index (χ0) is 15.4. The maximum Gasteiger partial charge on any atom is 0.255 e. The summed E-state index contributed by atoms with van der Waals surface area (Å²) in [7, 11) is 0. The van der Waals surface area contributed by atoms with Gasteiger partial charge in [-0.2, -0.15) is 5.10 Å². The second-order valence-electron chi connectivity index (χ2n) is 4.92. The number of nitrogens with one attached hydrogen (secondary N) is 1. The highest BCUT2D eigenvalue weighted by Crippen LogP contribution is 2.21. The van der Waals surface area contributed by atoms with Crippen molar-refractivity contribution in [2.45, 2.75) is 26.8 Å². The fourth-order valence-electron chi connectivity index (χ4n) is 2.12.